The summed E-state index contributed by atoms with van der Waals surface area (Å²) < 4.78 is 47.5. The molecule has 0 N–H and O–H groups in total. The first-order chi connectivity index (χ1) is 16.2. The second kappa shape index (κ2) is 9.65. The highest BCUT2D eigenvalue weighted by Crippen LogP contribution is 2.31. The van der Waals surface area contributed by atoms with Crippen LogP contribution in [0, 0.1) is 5.82 Å². The minimum Gasteiger partial charge on any atom is -0.497 e. The van der Waals surface area contributed by atoms with Crippen LogP contribution in [-0.4, -0.2) is 37.7 Å². The quantitative estimate of drug-likeness (QED) is 0.416. The van der Waals surface area contributed by atoms with Gasteiger partial charge in [-0.15, -0.1) is 0 Å². The highest BCUT2D eigenvalue weighted by Gasteiger charge is 2.47. The number of nitrogens with zero attached hydrogens (tertiary/aromatic N) is 2. The monoisotopic (exact) mass is 546 g/mol. The normalized spacial score (nSPS) is 16.4. The summed E-state index contributed by atoms with van der Waals surface area (Å²) in [5, 5.41) is 0. The SMILES string of the molecule is COc1ccc(N2C(=O)CC(N(Cc3ccc(F)cc3)S(=O)(=O)c3ccc(Br)cc3)C2=O)cc1. The maximum atomic E-state index is 13.6. The van der Waals surface area contributed by atoms with Gasteiger partial charge in [0, 0.05) is 11.0 Å². The van der Waals surface area contributed by atoms with E-state index in [9.17, 15) is 22.4 Å². The second-order valence-electron chi connectivity index (χ2n) is 7.62. The first-order valence-corrected chi connectivity index (χ1v) is 12.5. The highest BCUT2D eigenvalue weighted by molar-refractivity contribution is 9.10. The van der Waals surface area contributed by atoms with Crippen LogP contribution < -0.4 is 9.64 Å². The maximum Gasteiger partial charge on any atom is 0.252 e. The molecule has 1 aliphatic heterocycles. The molecule has 0 aliphatic carbocycles. The molecule has 176 valence electrons. The Labute approximate surface area is 204 Å². The number of hydrogen-bond acceptors (Lipinski definition) is 5. The average molecular weight is 547 g/mol. The summed E-state index contributed by atoms with van der Waals surface area (Å²) >= 11 is 3.28. The molecule has 7 nitrogen and oxygen atoms in total. The molecule has 2 amide bonds. The first-order valence-electron chi connectivity index (χ1n) is 10.2. The predicted octanol–water partition coefficient (Wildman–Crippen LogP) is 4.12. The molecule has 0 radical (unpaired) electrons. The van der Waals surface area contributed by atoms with E-state index in [-0.39, 0.29) is 17.9 Å². The van der Waals surface area contributed by atoms with Crippen LogP contribution in [0.2, 0.25) is 0 Å². The zero-order valence-corrected chi connectivity index (χ0v) is 20.4. The molecule has 10 heteroatoms. The molecule has 1 unspecified atom stereocenters. The molecule has 1 heterocycles. The van der Waals surface area contributed by atoms with E-state index in [4.69, 9.17) is 4.74 Å². The summed E-state index contributed by atoms with van der Waals surface area (Å²) in [5.41, 5.74) is 0.798. The zero-order chi connectivity index (χ0) is 24.5. The van der Waals surface area contributed by atoms with Gasteiger partial charge in [0.25, 0.3) is 5.91 Å². The van der Waals surface area contributed by atoms with Gasteiger partial charge in [0.2, 0.25) is 15.9 Å². The van der Waals surface area contributed by atoms with E-state index in [2.05, 4.69) is 15.9 Å². The van der Waals surface area contributed by atoms with Crippen LogP contribution in [0.3, 0.4) is 0 Å². The number of methoxy groups -OCH3 is 1. The van der Waals surface area contributed by atoms with Crippen molar-refractivity contribution in [2.45, 2.75) is 23.9 Å². The lowest BCUT2D eigenvalue weighted by atomic mass is 10.2. The molecule has 1 aliphatic rings. The second-order valence-corrected chi connectivity index (χ2v) is 10.4. The fourth-order valence-corrected chi connectivity index (χ4v) is 5.55. The van der Waals surface area contributed by atoms with Gasteiger partial charge >= 0.3 is 0 Å². The third kappa shape index (κ3) is 4.75. The van der Waals surface area contributed by atoms with Crippen molar-refractivity contribution >= 4 is 43.5 Å². The molecule has 1 saturated heterocycles. The molecule has 1 atom stereocenters. The number of amides is 2. The van der Waals surface area contributed by atoms with Crippen molar-refractivity contribution in [3.05, 3.63) is 88.6 Å². The van der Waals surface area contributed by atoms with Gasteiger partial charge in [-0.2, -0.15) is 4.31 Å². The van der Waals surface area contributed by atoms with E-state index in [1.807, 2.05) is 0 Å². The summed E-state index contributed by atoms with van der Waals surface area (Å²) in [6, 6.07) is 16.4. The van der Waals surface area contributed by atoms with Crippen molar-refractivity contribution in [2.24, 2.45) is 0 Å². The number of rotatable bonds is 7. The van der Waals surface area contributed by atoms with Crippen LogP contribution in [-0.2, 0) is 26.2 Å². The average Bonchev–Trinajstić information content (AvgIpc) is 3.12. The minimum atomic E-state index is -4.18. The van der Waals surface area contributed by atoms with Crippen molar-refractivity contribution in [3.8, 4) is 5.75 Å². The summed E-state index contributed by atoms with van der Waals surface area (Å²) in [5.74, 6) is -1.09. The van der Waals surface area contributed by atoms with Gasteiger partial charge < -0.3 is 4.74 Å². The van der Waals surface area contributed by atoms with Crippen molar-refractivity contribution in [2.75, 3.05) is 12.0 Å². The van der Waals surface area contributed by atoms with Crippen molar-refractivity contribution < 1.29 is 27.1 Å². The van der Waals surface area contributed by atoms with Crippen LogP contribution in [0.5, 0.6) is 5.75 Å². The molecule has 3 aromatic carbocycles. The van der Waals surface area contributed by atoms with Crippen LogP contribution >= 0.6 is 15.9 Å². The zero-order valence-electron chi connectivity index (χ0n) is 18.0. The number of imide groups is 1. The number of carbonyl (C=O) groups is 2. The van der Waals surface area contributed by atoms with Crippen molar-refractivity contribution in [3.63, 3.8) is 0 Å². The first kappa shape index (κ1) is 24.1. The van der Waals surface area contributed by atoms with Gasteiger partial charge in [0.15, 0.2) is 0 Å². The molecule has 4 rings (SSSR count). The Hall–Kier alpha value is -3.08. The lowest BCUT2D eigenvalue weighted by Crippen LogP contribution is -2.45. The van der Waals surface area contributed by atoms with Gasteiger partial charge in [-0.1, -0.05) is 28.1 Å². The minimum absolute atomic E-state index is 0.0269. The van der Waals surface area contributed by atoms with Gasteiger partial charge in [-0.25, -0.2) is 17.7 Å². The number of halogens is 2. The number of benzene rings is 3. The fourth-order valence-electron chi connectivity index (χ4n) is 3.72. The molecule has 1 fully saturated rings. The van der Waals surface area contributed by atoms with Gasteiger partial charge in [0.1, 0.15) is 17.6 Å². The summed E-state index contributed by atoms with van der Waals surface area (Å²) in [6.07, 6.45) is -0.318. The number of hydrogen-bond donors (Lipinski definition) is 0. The van der Waals surface area contributed by atoms with E-state index >= 15 is 0 Å². The molecule has 0 bridgehead atoms. The molecule has 0 aromatic heterocycles. The van der Waals surface area contributed by atoms with Gasteiger partial charge in [-0.3, -0.25) is 9.59 Å². The van der Waals surface area contributed by atoms with Crippen molar-refractivity contribution in [1.82, 2.24) is 4.31 Å². The molecule has 34 heavy (non-hydrogen) atoms. The number of ether oxygens (including phenoxy) is 1. The van der Waals surface area contributed by atoms with Crippen LogP contribution in [0.1, 0.15) is 12.0 Å². The number of sulfonamides is 1. The van der Waals surface area contributed by atoms with Crippen LogP contribution in [0.25, 0.3) is 0 Å². The largest absolute Gasteiger partial charge is 0.497 e. The van der Waals surface area contributed by atoms with E-state index in [1.165, 1.54) is 43.5 Å². The molecule has 3 aromatic rings. The predicted molar refractivity (Wildman–Crippen MR) is 127 cm³/mol. The topological polar surface area (TPSA) is 84.0 Å². The van der Waals surface area contributed by atoms with Crippen LogP contribution in [0.15, 0.2) is 82.2 Å². The lowest BCUT2D eigenvalue weighted by Gasteiger charge is -2.27. The van der Waals surface area contributed by atoms with E-state index < -0.39 is 33.7 Å². The Morgan fingerprint density at radius 2 is 1.62 bits per heavy atom. The van der Waals surface area contributed by atoms with E-state index in [0.717, 1.165) is 9.21 Å². The van der Waals surface area contributed by atoms with Gasteiger partial charge in [0.05, 0.1) is 24.1 Å². The Balaban J connectivity index is 1.73. The summed E-state index contributed by atoms with van der Waals surface area (Å²) in [4.78, 5) is 27.2. The number of carbonyl (C=O) groups excluding carboxylic acids is 2. The fraction of sp³-hybridized carbons (Fsp3) is 0.167. The smallest absolute Gasteiger partial charge is 0.252 e. The van der Waals surface area contributed by atoms with Crippen molar-refractivity contribution in [1.29, 1.82) is 0 Å². The Bertz CT molecular complexity index is 1310. The molecular weight excluding hydrogens is 527 g/mol. The summed E-state index contributed by atoms with van der Waals surface area (Å²) in [7, 11) is -2.69. The third-order valence-corrected chi connectivity index (χ3v) is 7.87. The summed E-state index contributed by atoms with van der Waals surface area (Å²) in [6.45, 7) is -0.210. The van der Waals surface area contributed by atoms with Gasteiger partial charge in [-0.05, 0) is 66.2 Å². The standard InChI is InChI=1S/C24H20BrFN2O5S/c1-33-20-10-8-19(9-11-20)28-23(29)14-22(24(28)30)27(15-16-2-6-18(26)7-3-16)34(31,32)21-12-4-17(25)5-13-21/h2-13,22H,14-15H2,1H3. The molecule has 0 saturated carbocycles. The molecule has 0 spiro atoms. The lowest BCUT2D eigenvalue weighted by molar-refractivity contribution is -0.122. The van der Waals surface area contributed by atoms with E-state index in [1.54, 1.807) is 36.4 Å². The third-order valence-electron chi connectivity index (χ3n) is 5.47. The number of anilines is 1. The highest BCUT2D eigenvalue weighted by atomic mass is 79.9. The Morgan fingerprint density at radius 3 is 2.21 bits per heavy atom. The van der Waals surface area contributed by atoms with E-state index in [0.29, 0.717) is 21.5 Å². The Kier molecular flexibility index (Phi) is 6.83. The van der Waals surface area contributed by atoms with Crippen LogP contribution in [0.4, 0.5) is 10.1 Å². The Morgan fingerprint density at radius 1 is 1.00 bits per heavy atom. The molecular formula is C24H20BrFN2O5S. The maximum absolute atomic E-state index is 13.6.